The molecule has 0 bridgehead atoms. The summed E-state index contributed by atoms with van der Waals surface area (Å²) in [7, 11) is 0. The fraction of sp³-hybridized carbons (Fsp3) is 0.550. The summed E-state index contributed by atoms with van der Waals surface area (Å²) < 4.78 is 9.09. The predicted octanol–water partition coefficient (Wildman–Crippen LogP) is 4.80. The molecule has 0 saturated heterocycles. The summed E-state index contributed by atoms with van der Waals surface area (Å²) >= 11 is 1.86. The van der Waals surface area contributed by atoms with Crippen molar-refractivity contribution in [2.75, 3.05) is 11.9 Å². The van der Waals surface area contributed by atoms with Gasteiger partial charge < -0.3 is 9.73 Å². The molecular weight excluding hydrogens is 332 g/mol. The first kappa shape index (κ1) is 18.3. The van der Waals surface area contributed by atoms with Crippen molar-refractivity contribution in [3.05, 3.63) is 40.8 Å². The smallest absolute Gasteiger partial charge is 0.336 e. The fourth-order valence-electron chi connectivity index (χ4n) is 3.19. The van der Waals surface area contributed by atoms with E-state index in [1.54, 1.807) is 0 Å². The summed E-state index contributed by atoms with van der Waals surface area (Å²) in [6.45, 7) is 7.74. The molecule has 1 aromatic heterocycles. The van der Waals surface area contributed by atoms with E-state index < -0.39 is 0 Å². The highest BCUT2D eigenvalue weighted by Gasteiger charge is 2.22. The van der Waals surface area contributed by atoms with Gasteiger partial charge in [0.25, 0.3) is 0 Å². The molecule has 1 heterocycles. The first-order valence-corrected chi connectivity index (χ1v) is 9.92. The van der Waals surface area contributed by atoms with Gasteiger partial charge in [-0.2, -0.15) is 0 Å². The molecule has 0 atom stereocenters. The maximum Gasteiger partial charge on any atom is 0.336 e. The molecule has 3 rings (SSSR count). The molecule has 25 heavy (non-hydrogen) atoms. The lowest BCUT2D eigenvalue weighted by Crippen LogP contribution is -2.33. The number of rotatable bonds is 5. The molecule has 1 aromatic carbocycles. The Morgan fingerprint density at radius 3 is 2.60 bits per heavy atom. The Balaban J connectivity index is 1.47. The van der Waals surface area contributed by atoms with Gasteiger partial charge in [-0.3, -0.25) is 4.72 Å². The number of nitrogens with one attached hydrogen (secondary N) is 2. The maximum absolute atomic E-state index is 11.2. The van der Waals surface area contributed by atoms with Crippen molar-refractivity contribution in [3.8, 4) is 0 Å². The van der Waals surface area contributed by atoms with Crippen LogP contribution >= 0.6 is 11.9 Å². The van der Waals surface area contributed by atoms with E-state index in [0.717, 1.165) is 23.5 Å². The van der Waals surface area contributed by atoms with Gasteiger partial charge >= 0.3 is 5.63 Å². The van der Waals surface area contributed by atoms with Crippen LogP contribution in [0.3, 0.4) is 0 Å². The van der Waals surface area contributed by atoms with Crippen LogP contribution in [0.2, 0.25) is 0 Å². The Hall–Kier alpha value is -1.46. The SMILES string of the molecule is CC(C)(C)SN[C@H]1CC[C@H](CNc2ccc3oc(=O)ccc3c2)CC1. The van der Waals surface area contributed by atoms with Crippen LogP contribution in [0, 0.1) is 5.92 Å². The highest BCUT2D eigenvalue weighted by Crippen LogP contribution is 2.28. The quantitative estimate of drug-likeness (QED) is 0.592. The lowest BCUT2D eigenvalue weighted by molar-refractivity contribution is 0.328. The second kappa shape index (κ2) is 7.83. The molecule has 2 aromatic rings. The van der Waals surface area contributed by atoms with Gasteiger partial charge in [-0.25, -0.2) is 4.79 Å². The first-order valence-electron chi connectivity index (χ1n) is 9.10. The van der Waals surface area contributed by atoms with Crippen LogP contribution in [-0.4, -0.2) is 17.3 Å². The number of fused-ring (bicyclic) bond motifs is 1. The summed E-state index contributed by atoms with van der Waals surface area (Å²) in [6, 6.07) is 9.82. The summed E-state index contributed by atoms with van der Waals surface area (Å²) in [4.78, 5) is 11.2. The van der Waals surface area contributed by atoms with E-state index in [2.05, 4.69) is 30.8 Å². The van der Waals surface area contributed by atoms with Gasteiger partial charge in [-0.1, -0.05) is 11.9 Å². The molecule has 0 radical (unpaired) electrons. The molecule has 0 amide bonds. The Kier molecular flexibility index (Phi) is 5.74. The minimum absolute atomic E-state index is 0.271. The van der Waals surface area contributed by atoms with Crippen LogP contribution in [-0.2, 0) is 0 Å². The standard InChI is InChI=1S/C20H28N2O2S/c1-20(2,3)25-22-16-7-4-14(5-8-16)13-21-17-9-10-18-15(12-17)6-11-19(23)24-18/h6,9-12,14,16,21-22H,4-5,7-8,13H2,1-3H3/t14-,16-. The second-order valence-corrected chi connectivity index (χ2v) is 9.60. The minimum atomic E-state index is -0.303. The van der Waals surface area contributed by atoms with Crippen molar-refractivity contribution in [3.63, 3.8) is 0 Å². The normalized spacial score (nSPS) is 21.4. The zero-order valence-electron chi connectivity index (χ0n) is 15.3. The monoisotopic (exact) mass is 360 g/mol. The van der Waals surface area contributed by atoms with Gasteiger partial charge in [0.2, 0.25) is 0 Å². The third-order valence-corrected chi connectivity index (χ3v) is 5.66. The average Bonchev–Trinajstić information content (AvgIpc) is 2.58. The van der Waals surface area contributed by atoms with Crippen LogP contribution in [0.1, 0.15) is 46.5 Å². The van der Waals surface area contributed by atoms with Gasteiger partial charge in [0.1, 0.15) is 5.58 Å². The Morgan fingerprint density at radius 1 is 1.12 bits per heavy atom. The molecule has 0 unspecified atom stereocenters. The molecule has 4 nitrogen and oxygen atoms in total. The van der Waals surface area contributed by atoms with E-state index in [9.17, 15) is 4.79 Å². The molecule has 136 valence electrons. The van der Waals surface area contributed by atoms with Crippen molar-refractivity contribution < 1.29 is 4.42 Å². The zero-order chi connectivity index (χ0) is 17.9. The molecule has 2 N–H and O–H groups in total. The van der Waals surface area contributed by atoms with Gasteiger partial charge in [-0.05, 0) is 76.6 Å². The third-order valence-electron chi connectivity index (χ3n) is 4.59. The fourth-order valence-corrected chi connectivity index (χ4v) is 3.94. The van der Waals surface area contributed by atoms with Crippen molar-refractivity contribution in [1.29, 1.82) is 0 Å². The second-order valence-electron chi connectivity index (χ2n) is 7.94. The summed E-state index contributed by atoms with van der Waals surface area (Å²) in [5.41, 5.74) is 1.43. The van der Waals surface area contributed by atoms with Crippen LogP contribution in [0.25, 0.3) is 11.0 Å². The van der Waals surface area contributed by atoms with Crippen LogP contribution < -0.4 is 15.7 Å². The van der Waals surface area contributed by atoms with E-state index >= 15 is 0 Å². The average molecular weight is 361 g/mol. The molecule has 1 saturated carbocycles. The summed E-state index contributed by atoms with van der Waals surface area (Å²) in [5, 5.41) is 4.50. The Morgan fingerprint density at radius 2 is 1.88 bits per heavy atom. The van der Waals surface area contributed by atoms with Gasteiger partial charge in [-0.15, -0.1) is 0 Å². The number of anilines is 1. The van der Waals surface area contributed by atoms with E-state index in [-0.39, 0.29) is 10.4 Å². The molecule has 0 spiro atoms. The minimum Gasteiger partial charge on any atom is -0.423 e. The van der Waals surface area contributed by atoms with Crippen LogP contribution in [0.5, 0.6) is 0 Å². The first-order chi connectivity index (χ1) is 11.9. The number of benzene rings is 1. The number of hydrogen-bond donors (Lipinski definition) is 2. The molecule has 1 aliphatic carbocycles. The van der Waals surface area contributed by atoms with Gasteiger partial charge in [0.05, 0.1) is 0 Å². The molecule has 1 fully saturated rings. The third kappa shape index (κ3) is 5.51. The molecular formula is C20H28N2O2S. The van der Waals surface area contributed by atoms with Crippen LogP contribution in [0.4, 0.5) is 5.69 Å². The Labute approximate surface area is 153 Å². The van der Waals surface area contributed by atoms with Crippen molar-refractivity contribution in [2.24, 2.45) is 5.92 Å². The zero-order valence-corrected chi connectivity index (χ0v) is 16.1. The van der Waals surface area contributed by atoms with E-state index in [1.807, 2.05) is 36.2 Å². The lowest BCUT2D eigenvalue weighted by atomic mass is 9.86. The van der Waals surface area contributed by atoms with E-state index in [4.69, 9.17) is 4.42 Å². The van der Waals surface area contributed by atoms with Gasteiger partial charge in [0, 0.05) is 34.5 Å². The largest absolute Gasteiger partial charge is 0.423 e. The van der Waals surface area contributed by atoms with Crippen LogP contribution in [0.15, 0.2) is 39.5 Å². The summed E-state index contributed by atoms with van der Waals surface area (Å²) in [6.07, 6.45) is 5.02. The van der Waals surface area contributed by atoms with Crippen molar-refractivity contribution in [2.45, 2.75) is 57.2 Å². The summed E-state index contributed by atoms with van der Waals surface area (Å²) in [5.74, 6) is 0.724. The van der Waals surface area contributed by atoms with E-state index in [0.29, 0.717) is 11.6 Å². The van der Waals surface area contributed by atoms with E-state index in [1.165, 1.54) is 31.7 Å². The Bertz CT molecular complexity index is 758. The molecule has 1 aliphatic rings. The topological polar surface area (TPSA) is 54.3 Å². The lowest BCUT2D eigenvalue weighted by Gasteiger charge is -2.31. The number of hydrogen-bond acceptors (Lipinski definition) is 5. The van der Waals surface area contributed by atoms with Crippen molar-refractivity contribution in [1.82, 2.24) is 4.72 Å². The predicted molar refractivity (Wildman–Crippen MR) is 107 cm³/mol. The highest BCUT2D eigenvalue weighted by molar-refractivity contribution is 7.98. The van der Waals surface area contributed by atoms with Gasteiger partial charge in [0.15, 0.2) is 0 Å². The van der Waals surface area contributed by atoms with Crippen molar-refractivity contribution >= 4 is 28.6 Å². The molecule has 5 heteroatoms. The maximum atomic E-state index is 11.2. The molecule has 0 aliphatic heterocycles. The highest BCUT2D eigenvalue weighted by atomic mass is 32.2.